The van der Waals surface area contributed by atoms with Crippen LogP contribution in [0.1, 0.15) is 64.0 Å². The van der Waals surface area contributed by atoms with Gasteiger partial charge < -0.3 is 10.1 Å². The van der Waals surface area contributed by atoms with Gasteiger partial charge >= 0.3 is 0 Å². The first-order valence-corrected chi connectivity index (χ1v) is 9.03. The van der Waals surface area contributed by atoms with Crippen molar-refractivity contribution in [1.82, 2.24) is 5.32 Å². The minimum atomic E-state index is -0.161. The topological polar surface area (TPSA) is 21.3 Å². The van der Waals surface area contributed by atoms with Crippen molar-refractivity contribution in [1.29, 1.82) is 0 Å². The van der Waals surface area contributed by atoms with Crippen LogP contribution in [-0.4, -0.2) is 19.7 Å². The van der Waals surface area contributed by atoms with Gasteiger partial charge in [0.05, 0.1) is 0 Å². The quantitative estimate of drug-likeness (QED) is 0.705. The highest BCUT2D eigenvalue weighted by Gasteiger charge is 2.44. The molecule has 1 aromatic rings. The van der Waals surface area contributed by atoms with Gasteiger partial charge in [0, 0.05) is 12.6 Å². The Hall–Kier alpha value is -0.860. The fourth-order valence-electron chi connectivity index (χ4n) is 3.95. The van der Waals surface area contributed by atoms with E-state index in [0.717, 1.165) is 32.3 Å². The Balaban J connectivity index is 2.33. The van der Waals surface area contributed by atoms with Gasteiger partial charge in [-0.2, -0.15) is 0 Å². The zero-order chi connectivity index (χ0) is 16.0. The maximum atomic E-state index is 6.65. The second-order valence-electron chi connectivity index (χ2n) is 7.08. The van der Waals surface area contributed by atoms with Gasteiger partial charge in [-0.1, -0.05) is 57.9 Å². The second kappa shape index (κ2) is 8.12. The van der Waals surface area contributed by atoms with Gasteiger partial charge in [0.15, 0.2) is 0 Å². The van der Waals surface area contributed by atoms with Gasteiger partial charge in [0.2, 0.25) is 0 Å². The van der Waals surface area contributed by atoms with E-state index in [1.807, 2.05) is 0 Å². The maximum absolute atomic E-state index is 6.65. The van der Waals surface area contributed by atoms with Crippen molar-refractivity contribution in [2.75, 3.05) is 13.7 Å². The number of hydrogen-bond donors (Lipinski definition) is 1. The lowest BCUT2D eigenvalue weighted by Gasteiger charge is -2.46. The molecule has 2 rings (SSSR count). The van der Waals surface area contributed by atoms with Crippen molar-refractivity contribution in [2.24, 2.45) is 5.92 Å². The summed E-state index contributed by atoms with van der Waals surface area (Å²) < 4.78 is 6.65. The lowest BCUT2D eigenvalue weighted by atomic mass is 9.71. The predicted octanol–water partition coefficient (Wildman–Crippen LogP) is 4.67. The Morgan fingerprint density at radius 1 is 1.27 bits per heavy atom. The Kier molecular flexibility index (Phi) is 6.46. The summed E-state index contributed by atoms with van der Waals surface area (Å²) in [7, 11) is 2.09. The molecule has 0 heterocycles. The number of likely N-dealkylation sites (N-methyl/N-ethyl adjacent to an activating group) is 1. The van der Waals surface area contributed by atoms with E-state index < -0.39 is 0 Å². The van der Waals surface area contributed by atoms with E-state index in [1.54, 1.807) is 0 Å². The van der Waals surface area contributed by atoms with E-state index in [4.69, 9.17) is 4.74 Å². The van der Waals surface area contributed by atoms with Gasteiger partial charge in [-0.25, -0.2) is 0 Å². The number of aryl methyl sites for hydroxylation is 1. The summed E-state index contributed by atoms with van der Waals surface area (Å²) in [5.41, 5.74) is 2.74. The van der Waals surface area contributed by atoms with E-state index in [-0.39, 0.29) is 5.60 Å². The summed E-state index contributed by atoms with van der Waals surface area (Å²) in [6.45, 7) is 7.73. The molecule has 2 unspecified atom stereocenters. The molecule has 0 aliphatic heterocycles. The first kappa shape index (κ1) is 17.5. The summed E-state index contributed by atoms with van der Waals surface area (Å²) in [6, 6.07) is 9.32. The van der Waals surface area contributed by atoms with E-state index in [0.29, 0.717) is 12.0 Å². The third-order valence-electron chi connectivity index (χ3n) is 4.91. The van der Waals surface area contributed by atoms with Crippen LogP contribution in [0.5, 0.6) is 0 Å². The molecular formula is C20H33NO. The van der Waals surface area contributed by atoms with E-state index >= 15 is 0 Å². The Morgan fingerprint density at radius 2 is 2.05 bits per heavy atom. The lowest BCUT2D eigenvalue weighted by molar-refractivity contribution is -0.0971. The highest BCUT2D eigenvalue weighted by molar-refractivity contribution is 5.37. The molecule has 1 N–H and O–H groups in total. The molecule has 0 saturated carbocycles. The minimum Gasteiger partial charge on any atom is -0.369 e. The monoisotopic (exact) mass is 303 g/mol. The average Bonchev–Trinajstić information content (AvgIpc) is 2.51. The third-order valence-corrected chi connectivity index (χ3v) is 4.91. The number of benzene rings is 1. The van der Waals surface area contributed by atoms with Gasteiger partial charge in [0.1, 0.15) is 5.60 Å². The number of rotatable bonds is 8. The van der Waals surface area contributed by atoms with Crippen LogP contribution in [0.15, 0.2) is 24.3 Å². The summed E-state index contributed by atoms with van der Waals surface area (Å²) >= 11 is 0. The molecule has 124 valence electrons. The fraction of sp³-hybridized carbons (Fsp3) is 0.700. The zero-order valence-corrected chi connectivity index (χ0v) is 14.8. The minimum absolute atomic E-state index is 0.161. The van der Waals surface area contributed by atoms with Crippen LogP contribution in [0.25, 0.3) is 0 Å². The molecule has 0 amide bonds. The SMILES string of the molecule is CCCCCOC1(CC(C)C)c2ccccc2CCC1NC. The normalized spacial score (nSPS) is 24.5. The molecule has 1 aromatic carbocycles. The smallest absolute Gasteiger partial charge is 0.109 e. The highest BCUT2D eigenvalue weighted by Crippen LogP contribution is 2.43. The first-order chi connectivity index (χ1) is 10.6. The van der Waals surface area contributed by atoms with Crippen LogP contribution in [0.2, 0.25) is 0 Å². The molecule has 0 bridgehead atoms. The number of hydrogen-bond acceptors (Lipinski definition) is 2. The highest BCUT2D eigenvalue weighted by atomic mass is 16.5. The van der Waals surface area contributed by atoms with Gasteiger partial charge in [0.25, 0.3) is 0 Å². The van der Waals surface area contributed by atoms with Crippen LogP contribution in [0, 0.1) is 5.92 Å². The van der Waals surface area contributed by atoms with Crippen molar-refractivity contribution >= 4 is 0 Å². The first-order valence-electron chi connectivity index (χ1n) is 9.03. The average molecular weight is 303 g/mol. The molecule has 0 spiro atoms. The number of nitrogens with one attached hydrogen (secondary N) is 1. The number of ether oxygens (including phenoxy) is 1. The molecule has 0 saturated heterocycles. The van der Waals surface area contributed by atoms with Crippen molar-refractivity contribution in [2.45, 2.75) is 70.9 Å². The van der Waals surface area contributed by atoms with E-state index in [9.17, 15) is 0 Å². The van der Waals surface area contributed by atoms with Gasteiger partial charge in [-0.05, 0) is 49.8 Å². The van der Waals surface area contributed by atoms with E-state index in [1.165, 1.54) is 24.0 Å². The van der Waals surface area contributed by atoms with Crippen LogP contribution >= 0.6 is 0 Å². The molecule has 2 nitrogen and oxygen atoms in total. The molecule has 2 heteroatoms. The van der Waals surface area contributed by atoms with Crippen LogP contribution < -0.4 is 5.32 Å². The molecular weight excluding hydrogens is 270 g/mol. The van der Waals surface area contributed by atoms with Crippen molar-refractivity contribution < 1.29 is 4.74 Å². The van der Waals surface area contributed by atoms with Gasteiger partial charge in [-0.15, -0.1) is 0 Å². The Bertz CT molecular complexity index is 457. The molecule has 22 heavy (non-hydrogen) atoms. The summed E-state index contributed by atoms with van der Waals surface area (Å²) in [6.07, 6.45) is 7.06. The van der Waals surface area contributed by atoms with Crippen molar-refractivity contribution in [3.8, 4) is 0 Å². The summed E-state index contributed by atoms with van der Waals surface area (Å²) in [5, 5.41) is 3.56. The van der Waals surface area contributed by atoms with Crippen LogP contribution in [0.4, 0.5) is 0 Å². The summed E-state index contributed by atoms with van der Waals surface area (Å²) in [4.78, 5) is 0. The maximum Gasteiger partial charge on any atom is 0.109 e. The van der Waals surface area contributed by atoms with Crippen LogP contribution in [0.3, 0.4) is 0 Å². The van der Waals surface area contributed by atoms with Crippen LogP contribution in [-0.2, 0) is 16.8 Å². The zero-order valence-electron chi connectivity index (χ0n) is 14.8. The Morgan fingerprint density at radius 3 is 2.73 bits per heavy atom. The number of fused-ring (bicyclic) bond motifs is 1. The number of unbranched alkanes of at least 4 members (excludes halogenated alkanes) is 2. The molecule has 0 aromatic heterocycles. The molecule has 1 aliphatic carbocycles. The van der Waals surface area contributed by atoms with Crippen molar-refractivity contribution in [3.05, 3.63) is 35.4 Å². The third kappa shape index (κ3) is 3.72. The predicted molar refractivity (Wildman–Crippen MR) is 94.2 cm³/mol. The molecule has 2 atom stereocenters. The molecule has 1 aliphatic rings. The van der Waals surface area contributed by atoms with Crippen molar-refractivity contribution in [3.63, 3.8) is 0 Å². The lowest BCUT2D eigenvalue weighted by Crippen LogP contribution is -2.53. The fourth-order valence-corrected chi connectivity index (χ4v) is 3.95. The Labute approximate surface area is 136 Å². The molecule has 0 fully saturated rings. The second-order valence-corrected chi connectivity index (χ2v) is 7.08. The standard InChI is InChI=1S/C20H33NO/c1-5-6-9-14-22-20(15-16(2)3)18-11-8-7-10-17(18)12-13-19(20)21-4/h7-8,10-11,16,19,21H,5-6,9,12-15H2,1-4H3. The largest absolute Gasteiger partial charge is 0.369 e. The molecule has 0 radical (unpaired) electrons. The van der Waals surface area contributed by atoms with E-state index in [2.05, 4.69) is 57.4 Å². The van der Waals surface area contributed by atoms with Gasteiger partial charge in [-0.3, -0.25) is 0 Å². The summed E-state index contributed by atoms with van der Waals surface area (Å²) in [5.74, 6) is 0.619.